The van der Waals surface area contributed by atoms with E-state index in [1.807, 2.05) is 6.07 Å². The van der Waals surface area contributed by atoms with Crippen molar-refractivity contribution in [3.63, 3.8) is 0 Å². The van der Waals surface area contributed by atoms with E-state index in [0.717, 1.165) is 38.8 Å². The van der Waals surface area contributed by atoms with E-state index in [0.29, 0.717) is 0 Å². The van der Waals surface area contributed by atoms with Gasteiger partial charge in [0.15, 0.2) is 0 Å². The molecule has 1 atom stereocenters. The number of carboxylic acid groups (broad SMARTS) is 1. The van der Waals surface area contributed by atoms with Gasteiger partial charge in [-0.3, -0.25) is 9.69 Å². The molecule has 1 aliphatic carbocycles. The van der Waals surface area contributed by atoms with Crippen molar-refractivity contribution in [2.75, 3.05) is 6.54 Å². The van der Waals surface area contributed by atoms with E-state index in [9.17, 15) is 9.90 Å². The first-order chi connectivity index (χ1) is 9.72. The van der Waals surface area contributed by atoms with Crippen LogP contribution in [0.25, 0.3) is 0 Å². The highest BCUT2D eigenvalue weighted by Crippen LogP contribution is 2.48. The summed E-state index contributed by atoms with van der Waals surface area (Å²) < 4.78 is 0. The summed E-state index contributed by atoms with van der Waals surface area (Å²) in [5.41, 5.74) is 0.828. The molecular formula is C17H23NO2. The molecule has 0 spiro atoms. The Morgan fingerprint density at radius 1 is 1.20 bits per heavy atom. The van der Waals surface area contributed by atoms with E-state index in [1.54, 1.807) is 0 Å². The van der Waals surface area contributed by atoms with Crippen molar-refractivity contribution >= 4 is 5.97 Å². The molecule has 1 saturated carbocycles. The number of hydrogen-bond acceptors (Lipinski definition) is 2. The fourth-order valence-electron chi connectivity index (χ4n) is 3.87. The molecular weight excluding hydrogens is 250 g/mol. The van der Waals surface area contributed by atoms with Crippen LogP contribution in [0.15, 0.2) is 30.3 Å². The number of aliphatic carboxylic acids is 1. The molecule has 1 aromatic carbocycles. The van der Waals surface area contributed by atoms with Gasteiger partial charge < -0.3 is 5.11 Å². The highest BCUT2D eigenvalue weighted by molar-refractivity contribution is 5.76. The Morgan fingerprint density at radius 3 is 2.55 bits per heavy atom. The summed E-state index contributed by atoms with van der Waals surface area (Å²) in [6.45, 7) is 1.93. The van der Waals surface area contributed by atoms with Gasteiger partial charge in [0.05, 0.1) is 5.41 Å². The first-order valence-corrected chi connectivity index (χ1v) is 7.74. The van der Waals surface area contributed by atoms with E-state index in [-0.39, 0.29) is 6.04 Å². The average Bonchev–Trinajstić information content (AvgIpc) is 2.40. The maximum absolute atomic E-state index is 11.8. The van der Waals surface area contributed by atoms with Gasteiger partial charge in [-0.1, -0.05) is 43.2 Å². The second-order valence-electron chi connectivity index (χ2n) is 6.28. The molecule has 0 amide bonds. The quantitative estimate of drug-likeness (QED) is 0.915. The predicted octanol–water partition coefficient (Wildman–Crippen LogP) is 3.30. The van der Waals surface area contributed by atoms with Crippen LogP contribution in [0.1, 0.15) is 44.1 Å². The average molecular weight is 273 g/mol. The van der Waals surface area contributed by atoms with Crippen LogP contribution in [0, 0.1) is 5.41 Å². The van der Waals surface area contributed by atoms with Crippen molar-refractivity contribution in [1.29, 1.82) is 0 Å². The Balaban J connectivity index is 1.79. The minimum absolute atomic E-state index is 0.225. The molecule has 3 nitrogen and oxygen atoms in total. The highest BCUT2D eigenvalue weighted by atomic mass is 16.4. The van der Waals surface area contributed by atoms with Crippen molar-refractivity contribution in [3.8, 4) is 0 Å². The predicted molar refractivity (Wildman–Crippen MR) is 78.4 cm³/mol. The zero-order valence-corrected chi connectivity index (χ0v) is 11.9. The van der Waals surface area contributed by atoms with Crippen molar-refractivity contribution < 1.29 is 9.90 Å². The number of nitrogens with zero attached hydrogens (tertiary/aromatic N) is 1. The number of carboxylic acids is 1. The van der Waals surface area contributed by atoms with Crippen molar-refractivity contribution in [2.45, 2.75) is 51.1 Å². The molecule has 108 valence electrons. The van der Waals surface area contributed by atoms with E-state index in [1.165, 1.54) is 18.4 Å². The molecule has 1 aromatic rings. The smallest absolute Gasteiger partial charge is 0.311 e. The topological polar surface area (TPSA) is 40.5 Å². The first-order valence-electron chi connectivity index (χ1n) is 7.74. The molecule has 3 heteroatoms. The summed E-state index contributed by atoms with van der Waals surface area (Å²) in [5.74, 6) is -0.575. The number of likely N-dealkylation sites (tertiary alicyclic amines) is 1. The van der Waals surface area contributed by atoms with Crippen LogP contribution in [-0.4, -0.2) is 28.6 Å². The molecule has 20 heavy (non-hydrogen) atoms. The molecule has 3 rings (SSSR count). The lowest BCUT2D eigenvalue weighted by atomic mass is 9.61. The number of benzene rings is 1. The summed E-state index contributed by atoms with van der Waals surface area (Å²) in [7, 11) is 0. The van der Waals surface area contributed by atoms with Crippen molar-refractivity contribution in [2.24, 2.45) is 5.41 Å². The van der Waals surface area contributed by atoms with E-state index in [2.05, 4.69) is 29.2 Å². The van der Waals surface area contributed by atoms with Crippen LogP contribution in [-0.2, 0) is 11.3 Å². The zero-order chi connectivity index (χ0) is 14.0. The van der Waals surface area contributed by atoms with Gasteiger partial charge in [0.25, 0.3) is 0 Å². The maximum Gasteiger partial charge on any atom is 0.311 e. The Hall–Kier alpha value is -1.35. The van der Waals surface area contributed by atoms with Gasteiger partial charge in [0.2, 0.25) is 0 Å². The second kappa shape index (κ2) is 5.57. The lowest BCUT2D eigenvalue weighted by Gasteiger charge is -2.50. The largest absolute Gasteiger partial charge is 0.481 e. The van der Waals surface area contributed by atoms with Gasteiger partial charge >= 0.3 is 5.97 Å². The van der Waals surface area contributed by atoms with E-state index < -0.39 is 11.4 Å². The molecule has 2 fully saturated rings. The van der Waals surface area contributed by atoms with Crippen LogP contribution in [0.3, 0.4) is 0 Å². The van der Waals surface area contributed by atoms with Crippen molar-refractivity contribution in [3.05, 3.63) is 35.9 Å². The minimum Gasteiger partial charge on any atom is -0.481 e. The first kappa shape index (κ1) is 13.6. The summed E-state index contributed by atoms with van der Waals surface area (Å²) in [6, 6.07) is 10.7. The molecule has 1 heterocycles. The normalized spacial score (nSPS) is 25.9. The monoisotopic (exact) mass is 273 g/mol. The Kier molecular flexibility index (Phi) is 3.79. The fourth-order valence-corrected chi connectivity index (χ4v) is 3.87. The number of hydrogen-bond donors (Lipinski definition) is 1. The van der Waals surface area contributed by atoms with Crippen LogP contribution in [0.2, 0.25) is 0 Å². The third kappa shape index (κ3) is 2.35. The third-order valence-corrected chi connectivity index (χ3v) is 5.15. The van der Waals surface area contributed by atoms with Gasteiger partial charge in [0.1, 0.15) is 0 Å². The van der Waals surface area contributed by atoms with Crippen LogP contribution in [0.4, 0.5) is 0 Å². The van der Waals surface area contributed by atoms with Gasteiger partial charge in [-0.05, 0) is 37.8 Å². The third-order valence-electron chi connectivity index (χ3n) is 5.15. The summed E-state index contributed by atoms with van der Waals surface area (Å²) in [5, 5.41) is 9.69. The van der Waals surface area contributed by atoms with Crippen molar-refractivity contribution in [1.82, 2.24) is 4.90 Å². The van der Waals surface area contributed by atoms with Gasteiger partial charge in [0, 0.05) is 12.6 Å². The Labute approximate surface area is 120 Å². The Bertz CT molecular complexity index is 467. The van der Waals surface area contributed by atoms with Crippen LogP contribution < -0.4 is 0 Å². The fraction of sp³-hybridized carbons (Fsp3) is 0.588. The molecule has 0 bridgehead atoms. The molecule has 1 aliphatic heterocycles. The molecule has 1 unspecified atom stereocenters. The molecule has 0 aromatic heterocycles. The van der Waals surface area contributed by atoms with Gasteiger partial charge in [-0.2, -0.15) is 0 Å². The SMILES string of the molecule is O=C(O)C1(C2CCCCN2Cc2ccccc2)CCC1. The zero-order valence-electron chi connectivity index (χ0n) is 11.9. The summed E-state index contributed by atoms with van der Waals surface area (Å²) in [6.07, 6.45) is 6.20. The molecule has 0 radical (unpaired) electrons. The molecule has 2 aliphatic rings. The lowest BCUT2D eigenvalue weighted by molar-refractivity contribution is -0.163. The lowest BCUT2D eigenvalue weighted by Crippen LogP contribution is -2.57. The standard InChI is InChI=1S/C17H23NO2/c19-16(20)17(10-6-11-17)15-9-4-5-12-18(15)13-14-7-2-1-3-8-14/h1-3,7-8,15H,4-6,9-13H2,(H,19,20). The van der Waals surface area contributed by atoms with Crippen LogP contribution in [0.5, 0.6) is 0 Å². The minimum atomic E-state index is -0.575. The van der Waals surface area contributed by atoms with Gasteiger partial charge in [-0.25, -0.2) is 0 Å². The molecule has 1 saturated heterocycles. The summed E-state index contributed by atoms with van der Waals surface area (Å²) >= 11 is 0. The molecule has 1 N–H and O–H groups in total. The number of carbonyl (C=O) groups is 1. The van der Waals surface area contributed by atoms with E-state index in [4.69, 9.17) is 0 Å². The van der Waals surface area contributed by atoms with Crippen LogP contribution >= 0.6 is 0 Å². The highest BCUT2D eigenvalue weighted by Gasteiger charge is 2.52. The Morgan fingerprint density at radius 2 is 1.95 bits per heavy atom. The number of piperidine rings is 1. The summed E-state index contributed by atoms with van der Waals surface area (Å²) in [4.78, 5) is 14.2. The second-order valence-corrected chi connectivity index (χ2v) is 6.28. The maximum atomic E-state index is 11.8. The van der Waals surface area contributed by atoms with Gasteiger partial charge in [-0.15, -0.1) is 0 Å². The van der Waals surface area contributed by atoms with E-state index >= 15 is 0 Å². The number of rotatable bonds is 4.